The Morgan fingerprint density at radius 2 is 2.36 bits per heavy atom. The summed E-state index contributed by atoms with van der Waals surface area (Å²) in [6.45, 7) is 0. The van der Waals surface area contributed by atoms with Gasteiger partial charge in [0.1, 0.15) is 11.8 Å². The van der Waals surface area contributed by atoms with Crippen molar-refractivity contribution in [1.29, 1.82) is 0 Å². The molecule has 0 amide bonds. The molecule has 72 valence electrons. The van der Waals surface area contributed by atoms with Gasteiger partial charge in [-0.15, -0.1) is 0 Å². The predicted octanol–water partition coefficient (Wildman–Crippen LogP) is 0.988. The van der Waals surface area contributed by atoms with Crippen molar-refractivity contribution in [3.05, 3.63) is 24.5 Å². The molecule has 0 saturated carbocycles. The molecule has 0 spiro atoms. The van der Waals surface area contributed by atoms with E-state index in [-0.39, 0.29) is 0 Å². The number of hydrogen-bond acceptors (Lipinski definition) is 4. The minimum Gasteiger partial charge on any atom is -0.364 e. The first-order valence-electron chi connectivity index (χ1n) is 3.91. The molecule has 0 unspecified atom stereocenters. The summed E-state index contributed by atoms with van der Waals surface area (Å²) in [5.41, 5.74) is 3.92. The molecule has 1 heterocycles. The SMILES string of the molecule is NNC(=S)Nc1ccc2conc2c1. The summed E-state index contributed by atoms with van der Waals surface area (Å²) >= 11 is 4.85. The van der Waals surface area contributed by atoms with Crippen LogP contribution in [0.3, 0.4) is 0 Å². The molecule has 2 rings (SSSR count). The lowest BCUT2D eigenvalue weighted by atomic mass is 10.2. The van der Waals surface area contributed by atoms with Gasteiger partial charge in [-0.3, -0.25) is 0 Å². The number of nitrogens with two attached hydrogens (primary N) is 1. The van der Waals surface area contributed by atoms with E-state index in [1.54, 1.807) is 6.26 Å². The van der Waals surface area contributed by atoms with Crippen LogP contribution in [-0.2, 0) is 0 Å². The minimum atomic E-state index is 0.354. The topological polar surface area (TPSA) is 76.1 Å². The van der Waals surface area contributed by atoms with Crippen molar-refractivity contribution in [2.45, 2.75) is 0 Å². The van der Waals surface area contributed by atoms with E-state index in [1.165, 1.54) is 0 Å². The maximum Gasteiger partial charge on any atom is 0.185 e. The van der Waals surface area contributed by atoms with Crippen molar-refractivity contribution in [2.75, 3.05) is 5.32 Å². The van der Waals surface area contributed by atoms with E-state index >= 15 is 0 Å². The van der Waals surface area contributed by atoms with Gasteiger partial charge in [0, 0.05) is 11.1 Å². The Balaban J connectivity index is 2.30. The number of anilines is 1. The fourth-order valence-corrected chi connectivity index (χ4v) is 1.23. The summed E-state index contributed by atoms with van der Waals surface area (Å²) in [4.78, 5) is 0. The van der Waals surface area contributed by atoms with Gasteiger partial charge in [-0.05, 0) is 30.4 Å². The van der Waals surface area contributed by atoms with Crippen molar-refractivity contribution in [2.24, 2.45) is 5.84 Å². The fourth-order valence-electron chi connectivity index (χ4n) is 1.11. The molecule has 6 heteroatoms. The van der Waals surface area contributed by atoms with Gasteiger partial charge in [0.25, 0.3) is 0 Å². The van der Waals surface area contributed by atoms with E-state index in [0.717, 1.165) is 16.6 Å². The zero-order chi connectivity index (χ0) is 9.97. The van der Waals surface area contributed by atoms with E-state index in [0.29, 0.717) is 5.11 Å². The van der Waals surface area contributed by atoms with E-state index < -0.39 is 0 Å². The molecule has 0 aliphatic rings. The first-order valence-corrected chi connectivity index (χ1v) is 4.32. The zero-order valence-corrected chi connectivity index (χ0v) is 7.97. The van der Waals surface area contributed by atoms with E-state index in [2.05, 4.69) is 15.9 Å². The second kappa shape index (κ2) is 3.60. The smallest absolute Gasteiger partial charge is 0.185 e. The van der Waals surface area contributed by atoms with Crippen LogP contribution in [0.4, 0.5) is 5.69 Å². The van der Waals surface area contributed by atoms with E-state index in [4.69, 9.17) is 22.6 Å². The van der Waals surface area contributed by atoms with Gasteiger partial charge in [-0.1, -0.05) is 5.16 Å². The number of rotatable bonds is 1. The Morgan fingerprint density at radius 3 is 3.14 bits per heavy atom. The van der Waals surface area contributed by atoms with Gasteiger partial charge in [0.15, 0.2) is 5.11 Å². The molecule has 1 aromatic heterocycles. The Bertz CT molecular complexity index is 467. The molecular formula is C8H8N4OS. The third-order valence-electron chi connectivity index (χ3n) is 1.75. The Kier molecular flexibility index (Phi) is 2.30. The average molecular weight is 208 g/mol. The molecule has 0 atom stereocenters. The minimum absolute atomic E-state index is 0.354. The lowest BCUT2D eigenvalue weighted by molar-refractivity contribution is 0.428. The van der Waals surface area contributed by atoms with Crippen LogP contribution in [0.5, 0.6) is 0 Å². The van der Waals surface area contributed by atoms with Gasteiger partial charge in [-0.2, -0.15) is 0 Å². The number of fused-ring (bicyclic) bond motifs is 1. The van der Waals surface area contributed by atoms with Crippen LogP contribution in [0.2, 0.25) is 0 Å². The van der Waals surface area contributed by atoms with Crippen LogP contribution >= 0.6 is 12.2 Å². The highest BCUT2D eigenvalue weighted by molar-refractivity contribution is 7.80. The molecule has 0 aliphatic heterocycles. The lowest BCUT2D eigenvalue weighted by Crippen LogP contribution is -2.34. The van der Waals surface area contributed by atoms with E-state index in [1.807, 2.05) is 18.2 Å². The second-order valence-corrected chi connectivity index (χ2v) is 3.09. The van der Waals surface area contributed by atoms with Crippen LogP contribution < -0.4 is 16.6 Å². The number of thiocarbonyl (C=S) groups is 1. The van der Waals surface area contributed by atoms with Gasteiger partial charge in [0.05, 0.1) is 0 Å². The van der Waals surface area contributed by atoms with Crippen molar-refractivity contribution in [3.63, 3.8) is 0 Å². The molecule has 5 nitrogen and oxygen atoms in total. The normalized spacial score (nSPS) is 10.1. The summed E-state index contributed by atoms with van der Waals surface area (Å²) in [5, 5.41) is 7.99. The van der Waals surface area contributed by atoms with E-state index in [9.17, 15) is 0 Å². The molecule has 0 saturated heterocycles. The first kappa shape index (κ1) is 8.92. The van der Waals surface area contributed by atoms with Gasteiger partial charge in [-0.25, -0.2) is 5.84 Å². The summed E-state index contributed by atoms with van der Waals surface area (Å²) in [7, 11) is 0. The summed E-state index contributed by atoms with van der Waals surface area (Å²) < 4.78 is 4.80. The van der Waals surface area contributed by atoms with Crippen molar-refractivity contribution in [1.82, 2.24) is 10.6 Å². The number of benzene rings is 1. The largest absolute Gasteiger partial charge is 0.364 e. The van der Waals surface area contributed by atoms with Gasteiger partial charge >= 0.3 is 0 Å². The van der Waals surface area contributed by atoms with Crippen molar-refractivity contribution < 1.29 is 4.52 Å². The van der Waals surface area contributed by atoms with Crippen LogP contribution in [0.1, 0.15) is 0 Å². The van der Waals surface area contributed by atoms with Gasteiger partial charge < -0.3 is 15.3 Å². The molecular weight excluding hydrogens is 200 g/mol. The average Bonchev–Trinajstić information content (AvgIpc) is 2.64. The fraction of sp³-hybridized carbons (Fsp3) is 0. The van der Waals surface area contributed by atoms with Crippen LogP contribution in [0, 0.1) is 0 Å². The van der Waals surface area contributed by atoms with Crippen molar-refractivity contribution >= 4 is 33.9 Å². The molecule has 0 radical (unpaired) electrons. The highest BCUT2D eigenvalue weighted by Gasteiger charge is 2.00. The third kappa shape index (κ3) is 1.66. The highest BCUT2D eigenvalue weighted by atomic mass is 32.1. The standard InChI is InChI=1S/C8H8N4OS/c9-11-8(14)10-6-2-1-5-4-13-12-7(5)3-6/h1-4H,9H2,(H2,10,11,14). The molecule has 14 heavy (non-hydrogen) atoms. The number of nitrogens with zero attached hydrogens (tertiary/aromatic N) is 1. The molecule has 0 aliphatic carbocycles. The van der Waals surface area contributed by atoms with Crippen molar-refractivity contribution in [3.8, 4) is 0 Å². The number of hydrazine groups is 1. The summed E-state index contributed by atoms with van der Waals surface area (Å²) in [6, 6.07) is 5.57. The maximum atomic E-state index is 5.12. The summed E-state index contributed by atoms with van der Waals surface area (Å²) in [5.74, 6) is 5.12. The van der Waals surface area contributed by atoms with Gasteiger partial charge in [0.2, 0.25) is 0 Å². The van der Waals surface area contributed by atoms with Crippen LogP contribution in [0.15, 0.2) is 29.0 Å². The van der Waals surface area contributed by atoms with Crippen LogP contribution in [-0.4, -0.2) is 10.3 Å². The Labute approximate surface area is 85.2 Å². The lowest BCUT2D eigenvalue weighted by Gasteiger charge is -2.05. The monoisotopic (exact) mass is 208 g/mol. The Morgan fingerprint density at radius 1 is 1.50 bits per heavy atom. The third-order valence-corrected chi connectivity index (χ3v) is 1.97. The molecule has 0 bridgehead atoms. The highest BCUT2D eigenvalue weighted by Crippen LogP contribution is 2.17. The molecule has 1 aromatic carbocycles. The maximum absolute atomic E-state index is 5.12. The zero-order valence-electron chi connectivity index (χ0n) is 7.15. The number of hydrogen-bond donors (Lipinski definition) is 3. The number of nitrogens with one attached hydrogen (secondary N) is 2. The van der Waals surface area contributed by atoms with Crippen LogP contribution in [0.25, 0.3) is 10.9 Å². The Hall–Kier alpha value is -1.66. The summed E-state index contributed by atoms with van der Waals surface area (Å²) in [6.07, 6.45) is 1.58. The predicted molar refractivity (Wildman–Crippen MR) is 57.6 cm³/mol. The first-order chi connectivity index (χ1) is 6.79. The number of aromatic nitrogens is 1. The molecule has 4 N–H and O–H groups in total. The molecule has 2 aromatic rings. The quantitative estimate of drug-likeness (QED) is 0.368. The second-order valence-electron chi connectivity index (χ2n) is 2.69. The molecule has 0 fully saturated rings.